The molecule has 6 heteroatoms. The van der Waals surface area contributed by atoms with E-state index in [9.17, 15) is 4.79 Å². The van der Waals surface area contributed by atoms with E-state index in [0.717, 1.165) is 40.8 Å². The molecule has 0 aliphatic carbocycles. The molecule has 1 atom stereocenters. The quantitative estimate of drug-likeness (QED) is 0.787. The monoisotopic (exact) mass is 339 g/mol. The maximum absolute atomic E-state index is 12.4. The summed E-state index contributed by atoms with van der Waals surface area (Å²) in [5, 5.41) is 14.7. The second kappa shape index (κ2) is 6.67. The predicted octanol–water partition coefficient (Wildman–Crippen LogP) is 3.72. The zero-order chi connectivity index (χ0) is 16.4. The lowest BCUT2D eigenvalue weighted by Gasteiger charge is -2.06. The number of fused-ring (bicyclic) bond motifs is 1. The first-order valence-corrected chi connectivity index (χ1v) is 8.83. The van der Waals surface area contributed by atoms with Gasteiger partial charge in [0.15, 0.2) is 0 Å². The van der Waals surface area contributed by atoms with Gasteiger partial charge in [-0.2, -0.15) is 0 Å². The summed E-state index contributed by atoms with van der Waals surface area (Å²) in [5.41, 5.74) is 1.01. The van der Waals surface area contributed by atoms with Crippen molar-refractivity contribution in [2.45, 2.75) is 25.4 Å². The number of nitrogens with one attached hydrogen (secondary N) is 1. The molecule has 0 saturated carbocycles. The minimum absolute atomic E-state index is 0.0335. The van der Waals surface area contributed by atoms with Crippen LogP contribution in [0.25, 0.3) is 10.8 Å². The average molecular weight is 339 g/mol. The van der Waals surface area contributed by atoms with Gasteiger partial charge in [-0.1, -0.05) is 53.8 Å². The summed E-state index contributed by atoms with van der Waals surface area (Å²) in [5.74, 6) is -0.0820. The molecule has 5 nitrogen and oxygen atoms in total. The molecule has 1 saturated heterocycles. The smallest absolute Gasteiger partial charge is 0.230 e. The van der Waals surface area contributed by atoms with Crippen LogP contribution in [0.2, 0.25) is 0 Å². The fourth-order valence-electron chi connectivity index (χ4n) is 2.97. The maximum atomic E-state index is 12.4. The van der Waals surface area contributed by atoms with E-state index in [2.05, 4.69) is 27.6 Å². The summed E-state index contributed by atoms with van der Waals surface area (Å²) in [7, 11) is 0. The van der Waals surface area contributed by atoms with Crippen LogP contribution in [-0.4, -0.2) is 22.7 Å². The normalized spacial score (nSPS) is 17.2. The van der Waals surface area contributed by atoms with Crippen molar-refractivity contribution in [1.29, 1.82) is 0 Å². The SMILES string of the molecule is O=C(Cc1cccc2ccccc12)Nc1nnc(C2CCCO2)s1. The Balaban J connectivity index is 1.46. The number of anilines is 1. The van der Waals surface area contributed by atoms with Crippen LogP contribution in [0.15, 0.2) is 42.5 Å². The molecular formula is C18H17N3O2S. The lowest BCUT2D eigenvalue weighted by atomic mass is 10.0. The molecule has 3 aromatic rings. The second-order valence-electron chi connectivity index (χ2n) is 5.81. The van der Waals surface area contributed by atoms with Gasteiger partial charge in [0.25, 0.3) is 0 Å². The Morgan fingerprint density at radius 1 is 1.21 bits per heavy atom. The predicted molar refractivity (Wildman–Crippen MR) is 94.1 cm³/mol. The lowest BCUT2D eigenvalue weighted by Crippen LogP contribution is -2.14. The van der Waals surface area contributed by atoms with Crippen molar-refractivity contribution in [3.63, 3.8) is 0 Å². The first-order chi connectivity index (χ1) is 11.8. The molecule has 1 fully saturated rings. The Morgan fingerprint density at radius 3 is 2.96 bits per heavy atom. The molecule has 1 aromatic heterocycles. The third-order valence-electron chi connectivity index (χ3n) is 4.12. The van der Waals surface area contributed by atoms with E-state index < -0.39 is 0 Å². The van der Waals surface area contributed by atoms with Gasteiger partial charge in [0.2, 0.25) is 11.0 Å². The first-order valence-electron chi connectivity index (χ1n) is 8.01. The van der Waals surface area contributed by atoms with Crippen molar-refractivity contribution in [2.24, 2.45) is 0 Å². The van der Waals surface area contributed by atoms with Crippen LogP contribution < -0.4 is 5.32 Å². The Bertz CT molecular complexity index is 866. The van der Waals surface area contributed by atoms with Crippen LogP contribution >= 0.6 is 11.3 Å². The molecular weight excluding hydrogens is 322 g/mol. The number of aromatic nitrogens is 2. The van der Waals surface area contributed by atoms with Gasteiger partial charge in [0.1, 0.15) is 11.1 Å². The summed E-state index contributed by atoms with van der Waals surface area (Å²) in [6, 6.07) is 14.1. The Morgan fingerprint density at radius 2 is 2.08 bits per heavy atom. The van der Waals surface area contributed by atoms with Crippen molar-refractivity contribution in [1.82, 2.24) is 10.2 Å². The van der Waals surface area contributed by atoms with E-state index in [4.69, 9.17) is 4.74 Å². The summed E-state index contributed by atoms with van der Waals surface area (Å²) < 4.78 is 5.60. The zero-order valence-corrected chi connectivity index (χ0v) is 13.9. The topological polar surface area (TPSA) is 64.1 Å². The van der Waals surface area contributed by atoms with E-state index >= 15 is 0 Å². The van der Waals surface area contributed by atoms with Crippen molar-refractivity contribution < 1.29 is 9.53 Å². The largest absolute Gasteiger partial charge is 0.371 e. The zero-order valence-electron chi connectivity index (χ0n) is 13.1. The minimum atomic E-state index is -0.0820. The van der Waals surface area contributed by atoms with Crippen molar-refractivity contribution in [3.8, 4) is 0 Å². The summed E-state index contributed by atoms with van der Waals surface area (Å²) >= 11 is 1.39. The second-order valence-corrected chi connectivity index (χ2v) is 6.82. The number of hydrogen-bond acceptors (Lipinski definition) is 5. The van der Waals surface area contributed by atoms with Crippen molar-refractivity contribution >= 4 is 33.1 Å². The number of nitrogens with zero attached hydrogens (tertiary/aromatic N) is 2. The molecule has 1 unspecified atom stereocenters. The first kappa shape index (κ1) is 15.2. The number of ether oxygens (including phenoxy) is 1. The minimum Gasteiger partial charge on any atom is -0.371 e. The van der Waals surface area contributed by atoms with Crippen LogP contribution in [0.5, 0.6) is 0 Å². The summed E-state index contributed by atoms with van der Waals surface area (Å²) in [6.45, 7) is 0.771. The molecule has 0 bridgehead atoms. The van der Waals surface area contributed by atoms with E-state index in [0.29, 0.717) is 11.6 Å². The third kappa shape index (κ3) is 3.16. The highest BCUT2D eigenvalue weighted by Gasteiger charge is 2.22. The van der Waals surface area contributed by atoms with Gasteiger partial charge in [0, 0.05) is 6.61 Å². The number of carbonyl (C=O) groups is 1. The highest BCUT2D eigenvalue weighted by atomic mass is 32.1. The average Bonchev–Trinajstić information content (AvgIpc) is 3.26. The maximum Gasteiger partial charge on any atom is 0.230 e. The number of carbonyl (C=O) groups excluding carboxylic acids is 1. The molecule has 1 aliphatic heterocycles. The van der Waals surface area contributed by atoms with Crippen LogP contribution in [0.3, 0.4) is 0 Å². The van der Waals surface area contributed by atoms with Crippen molar-refractivity contribution in [2.75, 3.05) is 11.9 Å². The van der Waals surface area contributed by atoms with Gasteiger partial charge < -0.3 is 10.1 Å². The van der Waals surface area contributed by atoms with Gasteiger partial charge in [0.05, 0.1) is 6.42 Å². The highest BCUT2D eigenvalue weighted by Crippen LogP contribution is 2.32. The Labute approximate surface area is 143 Å². The van der Waals surface area contributed by atoms with Crippen LogP contribution in [-0.2, 0) is 16.0 Å². The molecule has 4 rings (SSSR count). The third-order valence-corrected chi connectivity index (χ3v) is 5.05. The van der Waals surface area contributed by atoms with Crippen molar-refractivity contribution in [3.05, 3.63) is 53.0 Å². The van der Waals surface area contributed by atoms with Crippen LogP contribution in [0.1, 0.15) is 29.5 Å². The lowest BCUT2D eigenvalue weighted by molar-refractivity contribution is -0.115. The molecule has 1 amide bonds. The number of hydrogen-bond donors (Lipinski definition) is 1. The van der Waals surface area contributed by atoms with Gasteiger partial charge >= 0.3 is 0 Å². The molecule has 24 heavy (non-hydrogen) atoms. The number of rotatable bonds is 4. The summed E-state index contributed by atoms with van der Waals surface area (Å²) in [4.78, 5) is 12.4. The van der Waals surface area contributed by atoms with Crippen LogP contribution in [0, 0.1) is 0 Å². The summed E-state index contributed by atoms with van der Waals surface area (Å²) in [6.07, 6.45) is 2.37. The standard InChI is InChI=1S/C18H17N3O2S/c22-16(11-13-7-3-6-12-5-1-2-8-14(12)13)19-18-21-20-17(24-18)15-9-4-10-23-15/h1-3,5-8,15H,4,9-11H2,(H,19,21,22). The molecule has 0 spiro atoms. The van der Waals surface area contributed by atoms with Gasteiger partial charge in [-0.05, 0) is 29.2 Å². The van der Waals surface area contributed by atoms with E-state index in [1.165, 1.54) is 11.3 Å². The van der Waals surface area contributed by atoms with E-state index in [1.54, 1.807) is 0 Å². The molecule has 0 radical (unpaired) electrons. The van der Waals surface area contributed by atoms with Gasteiger partial charge in [-0.25, -0.2) is 0 Å². The molecule has 2 heterocycles. The number of amides is 1. The fraction of sp³-hybridized carbons (Fsp3) is 0.278. The number of benzene rings is 2. The van der Waals surface area contributed by atoms with E-state index in [-0.39, 0.29) is 12.0 Å². The Hall–Kier alpha value is -2.31. The van der Waals surface area contributed by atoms with Crippen LogP contribution in [0.4, 0.5) is 5.13 Å². The molecule has 1 aliphatic rings. The van der Waals surface area contributed by atoms with Gasteiger partial charge in [-0.15, -0.1) is 10.2 Å². The molecule has 1 N–H and O–H groups in total. The van der Waals surface area contributed by atoms with Gasteiger partial charge in [-0.3, -0.25) is 4.79 Å². The Kier molecular flexibility index (Phi) is 4.23. The van der Waals surface area contributed by atoms with E-state index in [1.807, 2.05) is 30.3 Å². The fourth-order valence-corrected chi connectivity index (χ4v) is 3.81. The molecule has 122 valence electrons. The highest BCUT2D eigenvalue weighted by molar-refractivity contribution is 7.15. The molecule has 2 aromatic carbocycles.